The van der Waals surface area contributed by atoms with E-state index in [0.717, 1.165) is 29.3 Å². The number of nitrogens with one attached hydrogen (secondary N) is 1. The minimum absolute atomic E-state index is 0.721. The highest BCUT2D eigenvalue weighted by molar-refractivity contribution is 6.30. The SMILES string of the molecule is Clc1ccc(NN=C(Cc2ccccc2)Cc2ccccc2)cc1. The van der Waals surface area contributed by atoms with Gasteiger partial charge in [0.15, 0.2) is 0 Å². The van der Waals surface area contributed by atoms with E-state index in [1.165, 1.54) is 11.1 Å². The van der Waals surface area contributed by atoms with Gasteiger partial charge in [0.05, 0.1) is 5.69 Å². The molecule has 0 saturated heterocycles. The maximum absolute atomic E-state index is 5.93. The van der Waals surface area contributed by atoms with Gasteiger partial charge in [-0.2, -0.15) is 5.10 Å². The molecule has 0 aliphatic rings. The molecular formula is C21H19ClN2. The summed E-state index contributed by atoms with van der Waals surface area (Å²) in [6.07, 6.45) is 1.63. The largest absolute Gasteiger partial charge is 0.279 e. The third-order valence-corrected chi connectivity index (χ3v) is 3.94. The third-order valence-electron chi connectivity index (χ3n) is 3.69. The van der Waals surface area contributed by atoms with Crippen LogP contribution in [0, 0.1) is 0 Å². The zero-order valence-corrected chi connectivity index (χ0v) is 14.1. The minimum Gasteiger partial charge on any atom is -0.279 e. The Kier molecular flexibility index (Phi) is 5.65. The molecule has 0 fully saturated rings. The van der Waals surface area contributed by atoms with Gasteiger partial charge in [-0.15, -0.1) is 0 Å². The number of hydrogen-bond acceptors (Lipinski definition) is 2. The zero-order valence-electron chi connectivity index (χ0n) is 13.3. The van der Waals surface area contributed by atoms with Gasteiger partial charge in [-0.05, 0) is 35.4 Å². The van der Waals surface area contributed by atoms with E-state index in [1.807, 2.05) is 36.4 Å². The van der Waals surface area contributed by atoms with E-state index in [1.54, 1.807) is 0 Å². The van der Waals surface area contributed by atoms with Crippen LogP contribution in [-0.2, 0) is 12.8 Å². The molecule has 0 bridgehead atoms. The third kappa shape index (κ3) is 4.97. The fourth-order valence-corrected chi connectivity index (χ4v) is 2.60. The summed E-state index contributed by atoms with van der Waals surface area (Å²) in [5, 5.41) is 5.36. The lowest BCUT2D eigenvalue weighted by atomic mass is 10.0. The topological polar surface area (TPSA) is 24.4 Å². The number of halogens is 1. The molecule has 0 radical (unpaired) electrons. The van der Waals surface area contributed by atoms with E-state index >= 15 is 0 Å². The number of hydrogen-bond donors (Lipinski definition) is 1. The van der Waals surface area contributed by atoms with Crippen LogP contribution in [0.4, 0.5) is 5.69 Å². The van der Waals surface area contributed by atoms with Crippen molar-refractivity contribution >= 4 is 23.0 Å². The fraction of sp³-hybridized carbons (Fsp3) is 0.0952. The number of hydrazone groups is 1. The summed E-state index contributed by atoms with van der Waals surface area (Å²) in [6.45, 7) is 0. The van der Waals surface area contributed by atoms with Gasteiger partial charge in [-0.25, -0.2) is 0 Å². The van der Waals surface area contributed by atoms with Crippen LogP contribution >= 0.6 is 11.6 Å². The summed E-state index contributed by atoms with van der Waals surface area (Å²) in [6, 6.07) is 28.4. The van der Waals surface area contributed by atoms with Gasteiger partial charge in [-0.1, -0.05) is 72.3 Å². The van der Waals surface area contributed by atoms with Crippen LogP contribution in [0.15, 0.2) is 90.0 Å². The Hall–Kier alpha value is -2.58. The van der Waals surface area contributed by atoms with Gasteiger partial charge in [0.1, 0.15) is 0 Å². The quantitative estimate of drug-likeness (QED) is 0.461. The monoisotopic (exact) mass is 334 g/mol. The van der Waals surface area contributed by atoms with Crippen molar-refractivity contribution in [2.75, 3.05) is 5.43 Å². The molecule has 2 nitrogen and oxygen atoms in total. The molecule has 0 unspecified atom stereocenters. The Morgan fingerprint density at radius 1 is 0.708 bits per heavy atom. The molecule has 3 aromatic carbocycles. The molecule has 3 aromatic rings. The van der Waals surface area contributed by atoms with E-state index < -0.39 is 0 Å². The summed E-state index contributed by atoms with van der Waals surface area (Å²) in [4.78, 5) is 0. The van der Waals surface area contributed by atoms with Crippen molar-refractivity contribution in [1.82, 2.24) is 0 Å². The number of nitrogens with zero attached hydrogens (tertiary/aromatic N) is 1. The van der Waals surface area contributed by atoms with E-state index in [9.17, 15) is 0 Å². The molecule has 0 aliphatic carbocycles. The van der Waals surface area contributed by atoms with Gasteiger partial charge < -0.3 is 0 Å². The van der Waals surface area contributed by atoms with Crippen LogP contribution in [-0.4, -0.2) is 5.71 Å². The molecule has 0 amide bonds. The van der Waals surface area contributed by atoms with Gasteiger partial charge in [0.25, 0.3) is 0 Å². The average Bonchev–Trinajstić information content (AvgIpc) is 2.63. The zero-order chi connectivity index (χ0) is 16.6. The number of benzene rings is 3. The van der Waals surface area contributed by atoms with Crippen LogP contribution in [0.25, 0.3) is 0 Å². The summed E-state index contributed by atoms with van der Waals surface area (Å²) in [7, 11) is 0. The Balaban J connectivity index is 1.77. The molecule has 0 spiro atoms. The van der Waals surface area contributed by atoms with Crippen LogP contribution < -0.4 is 5.43 Å². The van der Waals surface area contributed by atoms with E-state index in [0.29, 0.717) is 0 Å². The highest BCUT2D eigenvalue weighted by Crippen LogP contribution is 2.14. The lowest BCUT2D eigenvalue weighted by Gasteiger charge is -2.09. The first-order valence-corrected chi connectivity index (χ1v) is 8.32. The minimum atomic E-state index is 0.721. The average molecular weight is 335 g/mol. The van der Waals surface area contributed by atoms with E-state index in [2.05, 4.69) is 59.1 Å². The lowest BCUT2D eigenvalue weighted by molar-refractivity contribution is 1.17. The maximum Gasteiger partial charge on any atom is 0.0562 e. The first kappa shape index (κ1) is 16.3. The summed E-state index contributed by atoms with van der Waals surface area (Å²) in [5.41, 5.74) is 7.67. The molecule has 0 saturated carbocycles. The maximum atomic E-state index is 5.93. The molecular weight excluding hydrogens is 316 g/mol. The summed E-state index contributed by atoms with van der Waals surface area (Å²) in [5.74, 6) is 0. The smallest absolute Gasteiger partial charge is 0.0562 e. The Bertz CT molecular complexity index is 738. The van der Waals surface area contributed by atoms with Crippen molar-refractivity contribution < 1.29 is 0 Å². The second kappa shape index (κ2) is 8.32. The van der Waals surface area contributed by atoms with Crippen molar-refractivity contribution in [3.63, 3.8) is 0 Å². The van der Waals surface area contributed by atoms with Gasteiger partial charge >= 0.3 is 0 Å². The van der Waals surface area contributed by atoms with Crippen LogP contribution in [0.1, 0.15) is 11.1 Å². The Morgan fingerprint density at radius 3 is 1.71 bits per heavy atom. The normalized spacial score (nSPS) is 10.2. The lowest BCUT2D eigenvalue weighted by Crippen LogP contribution is -2.10. The predicted molar refractivity (Wildman–Crippen MR) is 103 cm³/mol. The second-order valence-corrected chi connectivity index (χ2v) is 6.06. The highest BCUT2D eigenvalue weighted by atomic mass is 35.5. The van der Waals surface area contributed by atoms with Gasteiger partial charge in [0.2, 0.25) is 0 Å². The molecule has 24 heavy (non-hydrogen) atoms. The molecule has 0 aliphatic heterocycles. The Morgan fingerprint density at radius 2 is 1.21 bits per heavy atom. The highest BCUT2D eigenvalue weighted by Gasteiger charge is 2.04. The molecule has 3 heteroatoms. The number of rotatable bonds is 6. The standard InChI is InChI=1S/C21H19ClN2/c22-19-11-13-20(14-12-19)23-24-21(15-17-7-3-1-4-8-17)16-18-9-5-2-6-10-18/h1-14,23H,15-16H2. The fourth-order valence-electron chi connectivity index (χ4n) is 2.47. The van der Waals surface area contributed by atoms with Gasteiger partial charge in [0, 0.05) is 23.6 Å². The summed E-state index contributed by atoms with van der Waals surface area (Å²) < 4.78 is 0. The van der Waals surface area contributed by atoms with Crippen molar-refractivity contribution in [3.8, 4) is 0 Å². The van der Waals surface area contributed by atoms with Crippen molar-refractivity contribution in [3.05, 3.63) is 101 Å². The van der Waals surface area contributed by atoms with E-state index in [4.69, 9.17) is 11.6 Å². The van der Waals surface area contributed by atoms with E-state index in [-0.39, 0.29) is 0 Å². The molecule has 0 heterocycles. The second-order valence-electron chi connectivity index (χ2n) is 5.62. The van der Waals surface area contributed by atoms with Crippen LogP contribution in [0.2, 0.25) is 5.02 Å². The van der Waals surface area contributed by atoms with Gasteiger partial charge in [-0.3, -0.25) is 5.43 Å². The first-order chi connectivity index (χ1) is 11.8. The first-order valence-electron chi connectivity index (χ1n) is 7.94. The molecule has 1 N–H and O–H groups in total. The molecule has 0 aromatic heterocycles. The molecule has 3 rings (SSSR count). The summed E-state index contributed by atoms with van der Waals surface area (Å²) >= 11 is 5.93. The van der Waals surface area contributed by atoms with Crippen molar-refractivity contribution in [1.29, 1.82) is 0 Å². The Labute approximate surface area is 147 Å². The van der Waals surface area contributed by atoms with Crippen molar-refractivity contribution in [2.24, 2.45) is 5.10 Å². The van der Waals surface area contributed by atoms with Crippen molar-refractivity contribution in [2.45, 2.75) is 12.8 Å². The van der Waals surface area contributed by atoms with Crippen LogP contribution in [0.5, 0.6) is 0 Å². The predicted octanol–water partition coefficient (Wildman–Crippen LogP) is 5.59. The van der Waals surface area contributed by atoms with Crippen LogP contribution in [0.3, 0.4) is 0 Å². The number of anilines is 1. The molecule has 0 atom stereocenters. The molecule has 120 valence electrons.